The van der Waals surface area contributed by atoms with Crippen molar-refractivity contribution in [3.8, 4) is 11.3 Å². The number of hydrogen-bond donors (Lipinski definition) is 3. The highest BCUT2D eigenvalue weighted by Gasteiger charge is 2.28. The van der Waals surface area contributed by atoms with Crippen LogP contribution < -0.4 is 10.6 Å². The number of aromatic amines is 1. The molecule has 4 bridgehead atoms. The number of rotatable bonds is 0. The molecule has 4 heterocycles. The van der Waals surface area contributed by atoms with Gasteiger partial charge in [0.05, 0.1) is 16.8 Å². The van der Waals surface area contributed by atoms with Crippen LogP contribution in [0.4, 0.5) is 5.82 Å². The normalized spacial score (nSPS) is 21.8. The van der Waals surface area contributed by atoms with Crippen LogP contribution in [0.5, 0.6) is 0 Å². The zero-order valence-electron chi connectivity index (χ0n) is 15.6. The Morgan fingerprint density at radius 1 is 1.15 bits per heavy atom. The third-order valence-corrected chi connectivity index (χ3v) is 5.74. The van der Waals surface area contributed by atoms with E-state index in [1.54, 1.807) is 0 Å². The molecule has 5 rings (SSSR count). The van der Waals surface area contributed by atoms with Gasteiger partial charge in [-0.1, -0.05) is 18.6 Å². The molecule has 27 heavy (non-hydrogen) atoms. The Bertz CT molecular complexity index is 1050. The van der Waals surface area contributed by atoms with Crippen LogP contribution in [0, 0.1) is 6.92 Å². The molecule has 0 saturated carbocycles. The summed E-state index contributed by atoms with van der Waals surface area (Å²) >= 11 is 0. The average Bonchev–Trinajstić information content (AvgIpc) is 3.09. The van der Waals surface area contributed by atoms with Crippen LogP contribution in [-0.4, -0.2) is 33.4 Å². The van der Waals surface area contributed by atoms with E-state index in [4.69, 9.17) is 9.97 Å². The van der Waals surface area contributed by atoms with E-state index in [9.17, 15) is 4.79 Å². The van der Waals surface area contributed by atoms with Crippen LogP contribution in [0.25, 0.3) is 22.3 Å². The summed E-state index contributed by atoms with van der Waals surface area (Å²) in [6.45, 7) is 4.89. The maximum absolute atomic E-state index is 12.4. The van der Waals surface area contributed by atoms with Crippen LogP contribution >= 0.6 is 0 Å². The summed E-state index contributed by atoms with van der Waals surface area (Å²) in [7, 11) is 0. The minimum absolute atomic E-state index is 0.00809. The van der Waals surface area contributed by atoms with Crippen molar-refractivity contribution < 1.29 is 4.79 Å². The first-order valence-electron chi connectivity index (χ1n) is 9.65. The van der Waals surface area contributed by atoms with E-state index in [0.717, 1.165) is 64.3 Å². The number of nitrogens with one attached hydrogen (secondary N) is 3. The number of aromatic nitrogens is 3. The third kappa shape index (κ3) is 2.67. The largest absolute Gasteiger partial charge is 0.366 e. The van der Waals surface area contributed by atoms with Gasteiger partial charge in [-0.05, 0) is 38.8 Å². The predicted molar refractivity (Wildman–Crippen MR) is 106 cm³/mol. The van der Waals surface area contributed by atoms with Crippen LogP contribution in [0.2, 0.25) is 0 Å². The molecular formula is C21H23N5O. The highest BCUT2D eigenvalue weighted by atomic mass is 16.1. The van der Waals surface area contributed by atoms with Gasteiger partial charge in [0.1, 0.15) is 11.3 Å². The Hall–Kier alpha value is -2.89. The Kier molecular flexibility index (Phi) is 3.67. The molecule has 1 aromatic carbocycles. The molecule has 2 aliphatic rings. The molecule has 1 amide bonds. The van der Waals surface area contributed by atoms with Gasteiger partial charge in [0.15, 0.2) is 0 Å². The maximum atomic E-state index is 12.4. The first-order valence-corrected chi connectivity index (χ1v) is 9.65. The van der Waals surface area contributed by atoms with Crippen molar-refractivity contribution >= 4 is 22.8 Å². The van der Waals surface area contributed by atoms with Gasteiger partial charge in [0.2, 0.25) is 0 Å². The lowest BCUT2D eigenvalue weighted by Crippen LogP contribution is -2.34. The maximum Gasteiger partial charge on any atom is 0.253 e. The van der Waals surface area contributed by atoms with E-state index >= 15 is 0 Å². The van der Waals surface area contributed by atoms with E-state index in [2.05, 4.69) is 22.5 Å². The van der Waals surface area contributed by atoms with Crippen molar-refractivity contribution in [2.45, 2.75) is 45.1 Å². The first-order chi connectivity index (χ1) is 13.1. The van der Waals surface area contributed by atoms with Crippen molar-refractivity contribution in [1.82, 2.24) is 20.3 Å². The summed E-state index contributed by atoms with van der Waals surface area (Å²) in [5, 5.41) is 6.59. The van der Waals surface area contributed by atoms with Crippen molar-refractivity contribution in [3.63, 3.8) is 0 Å². The average molecular weight is 361 g/mol. The van der Waals surface area contributed by atoms with Crippen molar-refractivity contribution in [2.24, 2.45) is 0 Å². The minimum atomic E-state index is 0.00809. The topological polar surface area (TPSA) is 82.7 Å². The fourth-order valence-corrected chi connectivity index (χ4v) is 4.28. The van der Waals surface area contributed by atoms with Gasteiger partial charge in [-0.25, -0.2) is 9.97 Å². The molecule has 0 spiro atoms. The molecule has 0 unspecified atom stereocenters. The number of carbonyl (C=O) groups excluding carboxylic acids is 1. The number of para-hydroxylation sites is 1. The third-order valence-electron chi connectivity index (χ3n) is 5.74. The van der Waals surface area contributed by atoms with Gasteiger partial charge < -0.3 is 15.6 Å². The number of H-pyrrole nitrogens is 1. The number of fused-ring (bicyclic) bond motifs is 3. The van der Waals surface area contributed by atoms with Gasteiger partial charge in [-0.15, -0.1) is 0 Å². The van der Waals surface area contributed by atoms with Crippen LogP contribution in [0.1, 0.15) is 53.8 Å². The van der Waals surface area contributed by atoms with Crippen LogP contribution in [0.3, 0.4) is 0 Å². The Labute approximate surface area is 157 Å². The molecule has 3 N–H and O–H groups in total. The summed E-state index contributed by atoms with van der Waals surface area (Å²) in [5.74, 6) is 1.18. The van der Waals surface area contributed by atoms with Crippen LogP contribution in [0.15, 0.2) is 24.3 Å². The molecule has 0 radical (unpaired) electrons. The summed E-state index contributed by atoms with van der Waals surface area (Å²) in [4.78, 5) is 25.6. The Morgan fingerprint density at radius 3 is 2.93 bits per heavy atom. The molecule has 2 atom stereocenters. The molecular weight excluding hydrogens is 338 g/mol. The number of carbonyl (C=O) groups is 1. The van der Waals surface area contributed by atoms with E-state index in [-0.39, 0.29) is 5.91 Å². The highest BCUT2D eigenvalue weighted by Crippen LogP contribution is 2.35. The molecule has 2 aromatic heterocycles. The molecule has 0 aliphatic carbocycles. The number of hydrogen-bond acceptors (Lipinski definition) is 4. The minimum Gasteiger partial charge on any atom is -0.366 e. The predicted octanol–water partition coefficient (Wildman–Crippen LogP) is 3.74. The van der Waals surface area contributed by atoms with Crippen molar-refractivity contribution in [1.29, 1.82) is 0 Å². The van der Waals surface area contributed by atoms with Crippen molar-refractivity contribution in [2.75, 3.05) is 11.9 Å². The molecule has 138 valence electrons. The lowest BCUT2D eigenvalue weighted by Gasteiger charge is -2.23. The quantitative estimate of drug-likeness (QED) is 0.569. The summed E-state index contributed by atoms with van der Waals surface area (Å²) in [6.07, 6.45) is 3.18. The second kappa shape index (κ2) is 6.08. The zero-order chi connectivity index (χ0) is 18.5. The van der Waals surface area contributed by atoms with Crippen molar-refractivity contribution in [3.05, 3.63) is 41.2 Å². The zero-order valence-corrected chi connectivity index (χ0v) is 15.6. The molecule has 6 heteroatoms. The van der Waals surface area contributed by atoms with E-state index < -0.39 is 0 Å². The van der Waals surface area contributed by atoms with E-state index in [1.807, 2.05) is 31.2 Å². The summed E-state index contributed by atoms with van der Waals surface area (Å²) < 4.78 is 0. The highest BCUT2D eigenvalue weighted by molar-refractivity contribution is 6.00. The second-order valence-corrected chi connectivity index (χ2v) is 7.72. The standard InChI is InChI=1S/C21H23N5O/c1-11-5-3-6-13-10-22-21(27)15-9-17(25-18(13)15)14-7-4-8-16-19(14)26-20(23-11)12(2)24-16/h4,7-9,11,13,25H,3,5-6,10H2,1-2H3,(H,22,27)(H,23,26)/t11-,13-/m0/s1. The lowest BCUT2D eigenvalue weighted by atomic mass is 9.91. The number of aryl methyl sites for hydroxylation is 1. The Morgan fingerprint density at radius 2 is 2.04 bits per heavy atom. The van der Waals surface area contributed by atoms with Crippen LogP contribution in [-0.2, 0) is 0 Å². The molecule has 3 aromatic rings. The Balaban J connectivity index is 1.77. The van der Waals surface area contributed by atoms with E-state index in [1.165, 1.54) is 0 Å². The summed E-state index contributed by atoms with van der Waals surface area (Å²) in [6, 6.07) is 8.32. The molecule has 6 nitrogen and oxygen atoms in total. The molecule has 2 aliphatic heterocycles. The fraction of sp³-hybridized carbons (Fsp3) is 0.381. The van der Waals surface area contributed by atoms with E-state index in [0.29, 0.717) is 18.5 Å². The van der Waals surface area contributed by atoms with Gasteiger partial charge >= 0.3 is 0 Å². The monoisotopic (exact) mass is 361 g/mol. The number of benzene rings is 1. The smallest absolute Gasteiger partial charge is 0.253 e. The second-order valence-electron chi connectivity index (χ2n) is 7.72. The fourth-order valence-electron chi connectivity index (χ4n) is 4.28. The van der Waals surface area contributed by atoms with Gasteiger partial charge in [-0.3, -0.25) is 4.79 Å². The van der Waals surface area contributed by atoms with Gasteiger partial charge in [0, 0.05) is 35.5 Å². The van der Waals surface area contributed by atoms with Gasteiger partial charge in [0.25, 0.3) is 5.91 Å². The number of anilines is 1. The number of amides is 1. The molecule has 0 fully saturated rings. The number of nitrogens with zero attached hydrogens (tertiary/aromatic N) is 2. The summed E-state index contributed by atoms with van der Waals surface area (Å²) in [5.41, 5.74) is 6.37. The lowest BCUT2D eigenvalue weighted by molar-refractivity contribution is 0.0939. The van der Waals surface area contributed by atoms with Gasteiger partial charge in [-0.2, -0.15) is 0 Å². The SMILES string of the molecule is Cc1nc2cccc3c2nc1N[C@@H](C)CCC[C@H]1CNC(=O)c2cc-3[nH]c21. The first kappa shape index (κ1) is 16.3. The molecule has 0 saturated heterocycles.